The molecule has 0 saturated heterocycles. The van der Waals surface area contributed by atoms with E-state index in [2.05, 4.69) is 10.3 Å². The predicted molar refractivity (Wildman–Crippen MR) is 105 cm³/mol. The third-order valence-corrected chi connectivity index (χ3v) is 5.73. The van der Waals surface area contributed by atoms with Gasteiger partial charge in [0, 0.05) is 17.8 Å². The molecule has 0 spiro atoms. The first kappa shape index (κ1) is 18.3. The van der Waals surface area contributed by atoms with Crippen molar-refractivity contribution < 1.29 is 19.0 Å². The summed E-state index contributed by atoms with van der Waals surface area (Å²) in [7, 11) is 4.60. The van der Waals surface area contributed by atoms with Crippen LogP contribution in [-0.4, -0.2) is 38.0 Å². The Bertz CT molecular complexity index is 868. The Hall–Kier alpha value is -2.45. The van der Waals surface area contributed by atoms with Crippen LogP contribution in [0.15, 0.2) is 40.7 Å². The van der Waals surface area contributed by atoms with Gasteiger partial charge >= 0.3 is 0 Å². The highest BCUT2D eigenvalue weighted by Crippen LogP contribution is 2.40. The molecular weight excluding hydrogens is 372 g/mol. The zero-order valence-corrected chi connectivity index (χ0v) is 16.2. The maximum atomic E-state index is 12.3. The third kappa shape index (κ3) is 4.03. The van der Waals surface area contributed by atoms with Gasteiger partial charge < -0.3 is 19.5 Å². The normalized spacial score (nSPS) is 10.6. The fourth-order valence-corrected chi connectivity index (χ4v) is 4.26. The van der Waals surface area contributed by atoms with Crippen molar-refractivity contribution in [1.82, 2.24) is 4.98 Å². The lowest BCUT2D eigenvalue weighted by molar-refractivity contribution is -0.113. The number of hydrogen-bond acceptors (Lipinski definition) is 7. The van der Waals surface area contributed by atoms with Gasteiger partial charge in [-0.2, -0.15) is 0 Å². The number of anilines is 1. The minimum atomic E-state index is -0.136. The van der Waals surface area contributed by atoms with Gasteiger partial charge in [-0.05, 0) is 12.1 Å². The second-order valence-electron chi connectivity index (χ2n) is 5.20. The highest BCUT2D eigenvalue weighted by Gasteiger charge is 2.15. The average molecular weight is 390 g/mol. The number of fused-ring (bicyclic) bond motifs is 1. The molecule has 136 valence electrons. The number of methoxy groups -OCH3 is 3. The molecule has 0 radical (unpaired) electrons. The summed E-state index contributed by atoms with van der Waals surface area (Å²) in [5, 5.41) is 2.85. The molecule has 1 aromatic heterocycles. The van der Waals surface area contributed by atoms with Gasteiger partial charge in [0.2, 0.25) is 11.7 Å². The summed E-state index contributed by atoms with van der Waals surface area (Å²) in [5.41, 5.74) is 1.53. The molecular formula is C18H18N2O4S2. The molecule has 0 unspecified atom stereocenters. The molecule has 1 N–H and O–H groups in total. The number of carbonyl (C=O) groups is 1. The van der Waals surface area contributed by atoms with Gasteiger partial charge in [0.15, 0.2) is 15.8 Å². The molecule has 0 aliphatic heterocycles. The minimum absolute atomic E-state index is 0.136. The van der Waals surface area contributed by atoms with Crippen molar-refractivity contribution in [3.63, 3.8) is 0 Å². The van der Waals surface area contributed by atoms with E-state index in [1.165, 1.54) is 33.1 Å². The number of hydrogen-bond donors (Lipinski definition) is 1. The summed E-state index contributed by atoms with van der Waals surface area (Å²) in [6, 6.07) is 11.3. The lowest BCUT2D eigenvalue weighted by atomic mass is 10.2. The SMILES string of the molecule is COc1cc(NC(=O)CSc2nc3ccccc3s2)cc(OC)c1OC. The lowest BCUT2D eigenvalue weighted by Gasteiger charge is -2.14. The standard InChI is InChI=1S/C18H18N2O4S2/c1-22-13-8-11(9-14(23-2)17(13)24-3)19-16(21)10-25-18-20-12-6-4-5-7-15(12)26-18/h4-9H,10H2,1-3H3,(H,19,21). The summed E-state index contributed by atoms with van der Waals surface area (Å²) >= 11 is 2.99. The van der Waals surface area contributed by atoms with Crippen molar-refractivity contribution in [3.8, 4) is 17.2 Å². The molecule has 0 atom stereocenters. The number of ether oxygens (including phenoxy) is 3. The van der Waals surface area contributed by atoms with Crippen LogP contribution in [0.1, 0.15) is 0 Å². The van der Waals surface area contributed by atoms with Gasteiger partial charge in [0.25, 0.3) is 0 Å². The number of benzene rings is 2. The number of para-hydroxylation sites is 1. The number of nitrogens with one attached hydrogen (secondary N) is 1. The number of rotatable bonds is 7. The highest BCUT2D eigenvalue weighted by molar-refractivity contribution is 8.01. The molecule has 0 bridgehead atoms. The second-order valence-corrected chi connectivity index (χ2v) is 7.45. The Balaban J connectivity index is 1.67. The zero-order valence-electron chi connectivity index (χ0n) is 14.6. The van der Waals surface area contributed by atoms with Crippen molar-refractivity contribution in [2.75, 3.05) is 32.4 Å². The number of thiazole rings is 1. The first-order valence-electron chi connectivity index (χ1n) is 7.73. The topological polar surface area (TPSA) is 69.7 Å². The van der Waals surface area contributed by atoms with Crippen LogP contribution in [0.5, 0.6) is 17.2 Å². The van der Waals surface area contributed by atoms with Crippen LogP contribution in [0.2, 0.25) is 0 Å². The van der Waals surface area contributed by atoms with Crippen molar-refractivity contribution >= 4 is 44.9 Å². The smallest absolute Gasteiger partial charge is 0.234 e. The van der Waals surface area contributed by atoms with Gasteiger partial charge in [-0.25, -0.2) is 4.98 Å². The summed E-state index contributed by atoms with van der Waals surface area (Å²) in [5.74, 6) is 1.58. The average Bonchev–Trinajstić information content (AvgIpc) is 3.08. The van der Waals surface area contributed by atoms with Gasteiger partial charge in [0.1, 0.15) is 0 Å². The number of thioether (sulfide) groups is 1. The zero-order chi connectivity index (χ0) is 18.5. The molecule has 0 aliphatic carbocycles. The molecule has 2 aromatic carbocycles. The number of amides is 1. The molecule has 0 saturated carbocycles. The highest BCUT2D eigenvalue weighted by atomic mass is 32.2. The van der Waals surface area contributed by atoms with Crippen LogP contribution in [0, 0.1) is 0 Å². The van der Waals surface area contributed by atoms with Crippen molar-refractivity contribution in [3.05, 3.63) is 36.4 Å². The van der Waals surface area contributed by atoms with Crippen molar-refractivity contribution in [1.29, 1.82) is 0 Å². The van der Waals surface area contributed by atoms with Crippen molar-refractivity contribution in [2.45, 2.75) is 4.34 Å². The second kappa shape index (κ2) is 8.29. The number of carbonyl (C=O) groups excluding carboxylic acids is 1. The van der Waals surface area contributed by atoms with Gasteiger partial charge in [-0.1, -0.05) is 23.9 Å². The number of aromatic nitrogens is 1. The first-order chi connectivity index (χ1) is 12.6. The quantitative estimate of drug-likeness (QED) is 0.614. The summed E-state index contributed by atoms with van der Waals surface area (Å²) in [6.07, 6.45) is 0. The Morgan fingerprint density at radius 2 is 1.81 bits per heavy atom. The Morgan fingerprint density at radius 1 is 1.12 bits per heavy atom. The predicted octanol–water partition coefficient (Wildman–Crippen LogP) is 4.05. The largest absolute Gasteiger partial charge is 0.493 e. The molecule has 26 heavy (non-hydrogen) atoms. The van der Waals surface area contributed by atoms with Crippen LogP contribution in [0.4, 0.5) is 5.69 Å². The molecule has 6 nitrogen and oxygen atoms in total. The Morgan fingerprint density at radius 3 is 2.42 bits per heavy atom. The summed E-state index contributed by atoms with van der Waals surface area (Å²) < 4.78 is 17.8. The van der Waals surface area contributed by atoms with Crippen LogP contribution in [-0.2, 0) is 4.79 Å². The minimum Gasteiger partial charge on any atom is -0.493 e. The van der Waals surface area contributed by atoms with E-state index in [0.717, 1.165) is 14.6 Å². The lowest BCUT2D eigenvalue weighted by Crippen LogP contribution is -2.14. The van der Waals surface area contributed by atoms with Crippen molar-refractivity contribution in [2.24, 2.45) is 0 Å². The Kier molecular flexibility index (Phi) is 5.85. The van der Waals surface area contributed by atoms with Gasteiger partial charge in [0.05, 0.1) is 37.3 Å². The van der Waals surface area contributed by atoms with Crippen LogP contribution >= 0.6 is 23.1 Å². The maximum absolute atomic E-state index is 12.3. The molecule has 1 amide bonds. The van der Waals surface area contributed by atoms with Gasteiger partial charge in [-0.3, -0.25) is 4.79 Å². The van der Waals surface area contributed by atoms with E-state index in [1.54, 1.807) is 23.5 Å². The van der Waals surface area contributed by atoms with Gasteiger partial charge in [-0.15, -0.1) is 11.3 Å². The van der Waals surface area contributed by atoms with Crippen LogP contribution in [0.25, 0.3) is 10.2 Å². The molecule has 1 heterocycles. The summed E-state index contributed by atoms with van der Waals surface area (Å²) in [4.78, 5) is 16.8. The van der Waals surface area contributed by atoms with E-state index in [-0.39, 0.29) is 11.7 Å². The monoisotopic (exact) mass is 390 g/mol. The van der Waals surface area contributed by atoms with E-state index in [0.29, 0.717) is 22.9 Å². The van der Waals surface area contributed by atoms with E-state index in [4.69, 9.17) is 14.2 Å². The maximum Gasteiger partial charge on any atom is 0.234 e. The number of nitrogens with zero attached hydrogens (tertiary/aromatic N) is 1. The molecule has 0 aliphatic rings. The van der Waals surface area contributed by atoms with E-state index >= 15 is 0 Å². The van der Waals surface area contributed by atoms with E-state index in [9.17, 15) is 4.79 Å². The van der Waals surface area contributed by atoms with E-state index in [1.807, 2.05) is 24.3 Å². The first-order valence-corrected chi connectivity index (χ1v) is 9.53. The molecule has 3 aromatic rings. The fraction of sp³-hybridized carbons (Fsp3) is 0.222. The Labute approximate surface area is 159 Å². The fourth-order valence-electron chi connectivity index (χ4n) is 2.39. The third-order valence-electron chi connectivity index (χ3n) is 3.55. The molecule has 3 rings (SSSR count). The molecule has 8 heteroatoms. The van der Waals surface area contributed by atoms with Crippen LogP contribution in [0.3, 0.4) is 0 Å². The summed E-state index contributed by atoms with van der Waals surface area (Å²) in [6.45, 7) is 0. The van der Waals surface area contributed by atoms with E-state index < -0.39 is 0 Å². The van der Waals surface area contributed by atoms with Crippen LogP contribution < -0.4 is 19.5 Å². The molecule has 0 fully saturated rings.